The van der Waals surface area contributed by atoms with Crippen molar-refractivity contribution in [3.05, 3.63) is 107 Å². The van der Waals surface area contributed by atoms with Crippen molar-refractivity contribution < 1.29 is 14.2 Å². The Balaban J connectivity index is 1.46. The maximum absolute atomic E-state index is 9.96. The lowest BCUT2D eigenvalue weighted by Crippen LogP contribution is -2.21. The summed E-state index contributed by atoms with van der Waals surface area (Å²) in [6.45, 7) is 3.20. The van der Waals surface area contributed by atoms with Crippen LogP contribution in [0.4, 0.5) is 0 Å². The van der Waals surface area contributed by atoms with Gasteiger partial charge in [0, 0.05) is 5.56 Å². The molecule has 0 saturated heterocycles. The molecule has 4 aromatic rings. The van der Waals surface area contributed by atoms with E-state index >= 15 is 0 Å². The number of benzene rings is 3. The van der Waals surface area contributed by atoms with E-state index in [9.17, 15) is 5.26 Å². The van der Waals surface area contributed by atoms with Gasteiger partial charge in [0.25, 0.3) is 0 Å². The van der Waals surface area contributed by atoms with Gasteiger partial charge in [-0.1, -0.05) is 49.4 Å². The molecule has 1 atom stereocenters. The summed E-state index contributed by atoms with van der Waals surface area (Å²) >= 11 is 0. The minimum atomic E-state index is -0.438. The molecule has 0 bridgehead atoms. The van der Waals surface area contributed by atoms with Gasteiger partial charge < -0.3 is 19.9 Å². The minimum absolute atomic E-state index is 0.0563. The zero-order chi connectivity index (χ0) is 24.9. The highest BCUT2D eigenvalue weighted by atomic mass is 16.5. The maximum atomic E-state index is 9.96. The highest BCUT2D eigenvalue weighted by molar-refractivity contribution is 5.71. The van der Waals surface area contributed by atoms with Crippen LogP contribution < -0.4 is 19.9 Å². The zero-order valence-corrected chi connectivity index (χ0v) is 19.9. The number of ether oxygens (including phenoxy) is 3. The van der Waals surface area contributed by atoms with Gasteiger partial charge in [0.15, 0.2) is 0 Å². The molecule has 0 spiro atoms. The summed E-state index contributed by atoms with van der Waals surface area (Å²) in [5, 5.41) is 17.4. The fourth-order valence-corrected chi connectivity index (χ4v) is 4.23. The first kappa shape index (κ1) is 23.1. The highest BCUT2D eigenvalue weighted by Gasteiger charge is 2.35. The predicted molar refractivity (Wildman–Crippen MR) is 136 cm³/mol. The molecular weight excluding hydrogens is 452 g/mol. The minimum Gasteiger partial charge on any atom is -0.494 e. The number of rotatable bonds is 8. The number of nitriles is 1. The number of hydrogen-bond donors (Lipinski definition) is 2. The molecule has 3 N–H and O–H groups in total. The van der Waals surface area contributed by atoms with Crippen LogP contribution in [0.1, 0.15) is 36.0 Å². The average Bonchev–Trinajstić information content (AvgIpc) is 3.34. The van der Waals surface area contributed by atoms with E-state index in [0.29, 0.717) is 24.7 Å². The third kappa shape index (κ3) is 4.62. The summed E-state index contributed by atoms with van der Waals surface area (Å²) in [6.07, 6.45) is 0.940. The Hall–Kier alpha value is -4.70. The molecule has 0 unspecified atom stereocenters. The van der Waals surface area contributed by atoms with Crippen LogP contribution in [0.3, 0.4) is 0 Å². The molecule has 5 rings (SSSR count). The molecule has 0 saturated carbocycles. The van der Waals surface area contributed by atoms with Gasteiger partial charge in [-0.05, 0) is 53.9 Å². The molecular formula is C29H26N4O3. The van der Waals surface area contributed by atoms with E-state index < -0.39 is 5.92 Å². The quantitative estimate of drug-likeness (QED) is 0.338. The van der Waals surface area contributed by atoms with E-state index in [1.165, 1.54) is 0 Å². The van der Waals surface area contributed by atoms with E-state index in [0.717, 1.165) is 45.9 Å². The maximum Gasteiger partial charge on any atom is 0.244 e. The molecule has 7 nitrogen and oxygen atoms in total. The molecule has 3 aromatic carbocycles. The van der Waals surface area contributed by atoms with E-state index in [2.05, 4.69) is 23.2 Å². The molecule has 1 aliphatic heterocycles. The fourth-order valence-electron chi connectivity index (χ4n) is 4.23. The van der Waals surface area contributed by atoms with Gasteiger partial charge in [-0.25, -0.2) is 0 Å². The first-order valence-corrected chi connectivity index (χ1v) is 11.8. The van der Waals surface area contributed by atoms with Crippen LogP contribution in [0.25, 0.3) is 11.3 Å². The number of nitrogens with one attached hydrogen (secondary N) is 1. The highest BCUT2D eigenvalue weighted by Crippen LogP contribution is 2.46. The van der Waals surface area contributed by atoms with E-state index in [4.69, 9.17) is 19.9 Å². The summed E-state index contributed by atoms with van der Waals surface area (Å²) in [5.41, 5.74) is 10.9. The SMILES string of the molecule is CCCOc1ccc(-c2[nH]nc3c2[C@H](c2ccc(OCc4ccccc4)cc2)C(C#N)=C(N)O3)cc1. The molecule has 0 aliphatic carbocycles. The van der Waals surface area contributed by atoms with Crippen molar-refractivity contribution in [2.75, 3.05) is 6.61 Å². The van der Waals surface area contributed by atoms with Crippen molar-refractivity contribution in [1.29, 1.82) is 5.26 Å². The Morgan fingerprint density at radius 1 is 0.972 bits per heavy atom. The van der Waals surface area contributed by atoms with Gasteiger partial charge in [-0.3, -0.25) is 5.10 Å². The number of nitrogens with two attached hydrogens (primary N) is 1. The predicted octanol–water partition coefficient (Wildman–Crippen LogP) is 5.66. The standard InChI is InChI=1S/C29H26N4O3/c1-2-16-34-22-14-10-21(11-15-22)27-26-25(24(17-30)28(31)36-29(26)33-32-27)20-8-12-23(13-9-20)35-18-19-6-4-3-5-7-19/h3-15,25H,2,16,18,31H2,1H3,(H,32,33)/t25-/m1/s1. The molecule has 7 heteroatoms. The van der Waals surface area contributed by atoms with Crippen LogP contribution in [0, 0.1) is 11.3 Å². The number of aromatic nitrogens is 2. The second-order valence-corrected chi connectivity index (χ2v) is 8.46. The molecule has 36 heavy (non-hydrogen) atoms. The van der Waals surface area contributed by atoms with Crippen LogP contribution in [0.15, 0.2) is 90.3 Å². The number of aromatic amines is 1. The zero-order valence-electron chi connectivity index (χ0n) is 19.9. The van der Waals surface area contributed by atoms with E-state index in [1.54, 1.807) is 0 Å². The summed E-state index contributed by atoms with van der Waals surface area (Å²) in [4.78, 5) is 0. The second-order valence-electron chi connectivity index (χ2n) is 8.46. The Kier molecular flexibility index (Phi) is 6.59. The summed E-state index contributed by atoms with van der Waals surface area (Å²) in [5.74, 6) is 1.52. The average molecular weight is 479 g/mol. The van der Waals surface area contributed by atoms with Crippen molar-refractivity contribution in [3.8, 4) is 34.7 Å². The summed E-state index contributed by atoms with van der Waals surface area (Å²) < 4.78 is 17.4. The van der Waals surface area contributed by atoms with Crippen molar-refractivity contribution in [2.45, 2.75) is 25.9 Å². The van der Waals surface area contributed by atoms with Gasteiger partial charge >= 0.3 is 0 Å². The van der Waals surface area contributed by atoms with E-state index in [1.807, 2.05) is 78.9 Å². The Bertz CT molecular complexity index is 1400. The topological polar surface area (TPSA) is 106 Å². The number of H-pyrrole nitrogens is 1. The van der Waals surface area contributed by atoms with Gasteiger partial charge in [0.05, 0.1) is 23.8 Å². The fraction of sp³-hybridized carbons (Fsp3) is 0.172. The Labute approximate surface area is 209 Å². The Morgan fingerprint density at radius 3 is 2.36 bits per heavy atom. The molecule has 0 amide bonds. The Morgan fingerprint density at radius 2 is 1.67 bits per heavy atom. The molecule has 1 aromatic heterocycles. The normalized spacial score (nSPS) is 14.5. The second kappa shape index (κ2) is 10.3. The monoisotopic (exact) mass is 478 g/mol. The van der Waals surface area contributed by atoms with Crippen molar-refractivity contribution in [3.63, 3.8) is 0 Å². The van der Waals surface area contributed by atoms with Crippen LogP contribution in [0.2, 0.25) is 0 Å². The van der Waals surface area contributed by atoms with E-state index in [-0.39, 0.29) is 5.88 Å². The first-order valence-electron chi connectivity index (χ1n) is 11.8. The van der Waals surface area contributed by atoms with Gasteiger partial charge in [0.2, 0.25) is 11.8 Å². The number of allylic oxidation sites excluding steroid dienone is 1. The number of hydrogen-bond acceptors (Lipinski definition) is 6. The van der Waals surface area contributed by atoms with Gasteiger partial charge in [-0.15, -0.1) is 5.10 Å². The third-order valence-electron chi connectivity index (χ3n) is 6.02. The van der Waals surface area contributed by atoms with Crippen LogP contribution in [-0.2, 0) is 6.61 Å². The van der Waals surface area contributed by atoms with Gasteiger partial charge in [0.1, 0.15) is 29.7 Å². The number of fused-ring (bicyclic) bond motifs is 1. The lowest BCUT2D eigenvalue weighted by molar-refractivity contribution is 0.306. The van der Waals surface area contributed by atoms with Crippen molar-refractivity contribution in [2.24, 2.45) is 5.73 Å². The van der Waals surface area contributed by atoms with Crippen molar-refractivity contribution >= 4 is 0 Å². The summed E-state index contributed by atoms with van der Waals surface area (Å²) in [6, 6.07) is 27.7. The van der Waals surface area contributed by atoms with Crippen LogP contribution in [0.5, 0.6) is 17.4 Å². The molecule has 1 aliphatic rings. The molecule has 0 radical (unpaired) electrons. The lowest BCUT2D eigenvalue weighted by atomic mass is 9.83. The smallest absolute Gasteiger partial charge is 0.244 e. The van der Waals surface area contributed by atoms with Crippen LogP contribution in [-0.4, -0.2) is 16.8 Å². The largest absolute Gasteiger partial charge is 0.494 e. The molecule has 0 fully saturated rings. The molecule has 2 heterocycles. The van der Waals surface area contributed by atoms with Crippen LogP contribution >= 0.6 is 0 Å². The number of nitrogens with zero attached hydrogens (tertiary/aromatic N) is 2. The van der Waals surface area contributed by atoms with Crippen molar-refractivity contribution in [1.82, 2.24) is 10.2 Å². The molecule has 180 valence electrons. The summed E-state index contributed by atoms with van der Waals surface area (Å²) in [7, 11) is 0. The van der Waals surface area contributed by atoms with Gasteiger partial charge in [-0.2, -0.15) is 5.26 Å². The lowest BCUT2D eigenvalue weighted by Gasteiger charge is -2.24. The third-order valence-corrected chi connectivity index (χ3v) is 6.02. The first-order chi connectivity index (χ1) is 17.7.